The molecule has 3 aliphatic heterocycles. The molecule has 0 saturated carbocycles. The lowest BCUT2D eigenvalue weighted by Crippen LogP contribution is -2.56. The van der Waals surface area contributed by atoms with Crippen molar-refractivity contribution in [3.63, 3.8) is 0 Å². The number of carbonyl (C=O) groups excluding carboxylic acids is 3. The van der Waals surface area contributed by atoms with E-state index in [1.807, 2.05) is 37.3 Å². The maximum absolute atomic E-state index is 14.3. The lowest BCUT2D eigenvalue weighted by molar-refractivity contribution is -0.160. The van der Waals surface area contributed by atoms with Gasteiger partial charge in [0, 0.05) is 26.2 Å². The first-order chi connectivity index (χ1) is 17.8. The van der Waals surface area contributed by atoms with Crippen LogP contribution in [0.3, 0.4) is 0 Å². The minimum Gasteiger partial charge on any atom is -0.465 e. The van der Waals surface area contributed by atoms with E-state index in [0.717, 1.165) is 5.56 Å². The van der Waals surface area contributed by atoms with Crippen molar-refractivity contribution in [2.24, 2.45) is 11.8 Å². The van der Waals surface area contributed by atoms with Crippen molar-refractivity contribution in [3.05, 3.63) is 61.2 Å². The van der Waals surface area contributed by atoms with Gasteiger partial charge in [-0.15, -0.1) is 13.2 Å². The highest BCUT2D eigenvalue weighted by Crippen LogP contribution is 2.63. The van der Waals surface area contributed by atoms with Gasteiger partial charge in [-0.3, -0.25) is 14.4 Å². The molecule has 2 unspecified atom stereocenters. The van der Waals surface area contributed by atoms with Gasteiger partial charge in [-0.25, -0.2) is 0 Å². The highest BCUT2D eigenvalue weighted by atomic mass is 16.6. The van der Waals surface area contributed by atoms with E-state index >= 15 is 0 Å². The number of aliphatic hydroxyl groups is 1. The summed E-state index contributed by atoms with van der Waals surface area (Å²) >= 11 is 0. The van der Waals surface area contributed by atoms with E-state index in [1.54, 1.807) is 22.0 Å². The van der Waals surface area contributed by atoms with E-state index < -0.39 is 35.0 Å². The molecule has 2 amide bonds. The molecule has 4 rings (SSSR count). The van der Waals surface area contributed by atoms with Crippen LogP contribution in [0.25, 0.3) is 0 Å². The van der Waals surface area contributed by atoms with Crippen LogP contribution in [0.4, 0.5) is 0 Å². The molecular formula is C29H38N2O6. The Morgan fingerprint density at radius 3 is 2.65 bits per heavy atom. The van der Waals surface area contributed by atoms with Crippen LogP contribution in [0.5, 0.6) is 0 Å². The second-order valence-electron chi connectivity index (χ2n) is 10.4. The molecule has 1 aromatic rings. The highest BCUT2D eigenvalue weighted by Gasteiger charge is 2.78. The number of hydrogen-bond donors (Lipinski definition) is 1. The third kappa shape index (κ3) is 4.84. The van der Waals surface area contributed by atoms with Gasteiger partial charge in [0.05, 0.1) is 18.1 Å². The van der Waals surface area contributed by atoms with Crippen LogP contribution in [0.15, 0.2) is 55.6 Å². The molecule has 0 radical (unpaired) electrons. The molecule has 37 heavy (non-hydrogen) atoms. The standard InChI is InChI=1S/C29H38N2O6/c1-4-6-19-36-27(35)23-22-25(33)31(17-10-11-18-32)24(29(22)15-14-28(23,3)37-29)26(34)30(16-5-2)20-21-12-8-7-9-13-21/h4-5,7-9,12-13,22-24,32H,1-2,6,10-11,14-20H2,3H3/t22-,23+,24?,28-,29?/m0/s1. The molecule has 3 saturated heterocycles. The molecule has 3 fully saturated rings. The predicted octanol–water partition coefficient (Wildman–Crippen LogP) is 2.86. The quantitative estimate of drug-likeness (QED) is 0.249. The van der Waals surface area contributed by atoms with Crippen molar-refractivity contribution in [1.82, 2.24) is 9.80 Å². The van der Waals surface area contributed by atoms with E-state index in [-0.39, 0.29) is 25.0 Å². The average molecular weight is 511 g/mol. The van der Waals surface area contributed by atoms with Gasteiger partial charge in [0.1, 0.15) is 17.6 Å². The third-order valence-corrected chi connectivity index (χ3v) is 8.02. The number of hydrogen-bond acceptors (Lipinski definition) is 6. The van der Waals surface area contributed by atoms with Crippen LogP contribution in [-0.4, -0.2) is 76.2 Å². The number of nitrogens with zero attached hydrogens (tertiary/aromatic N) is 2. The zero-order chi connectivity index (χ0) is 26.6. The van der Waals surface area contributed by atoms with Crippen molar-refractivity contribution in [1.29, 1.82) is 0 Å². The molecule has 1 spiro atoms. The summed E-state index contributed by atoms with van der Waals surface area (Å²) in [5, 5.41) is 9.34. The minimum atomic E-state index is -1.10. The van der Waals surface area contributed by atoms with E-state index in [1.165, 1.54) is 0 Å². The maximum Gasteiger partial charge on any atom is 0.312 e. The molecule has 0 aromatic heterocycles. The largest absolute Gasteiger partial charge is 0.465 e. The molecule has 8 nitrogen and oxygen atoms in total. The Hall–Kier alpha value is -2.97. The van der Waals surface area contributed by atoms with Gasteiger partial charge >= 0.3 is 5.97 Å². The summed E-state index contributed by atoms with van der Waals surface area (Å²) in [6, 6.07) is 8.82. The fourth-order valence-corrected chi connectivity index (χ4v) is 6.39. The van der Waals surface area contributed by atoms with E-state index in [9.17, 15) is 19.5 Å². The summed E-state index contributed by atoms with van der Waals surface area (Å²) in [6.45, 7) is 10.5. The zero-order valence-electron chi connectivity index (χ0n) is 21.6. The van der Waals surface area contributed by atoms with Crippen LogP contribution < -0.4 is 0 Å². The molecule has 200 valence electrons. The van der Waals surface area contributed by atoms with Gasteiger partial charge in [0.15, 0.2) is 0 Å². The zero-order valence-corrected chi connectivity index (χ0v) is 21.6. The number of ether oxygens (including phenoxy) is 2. The van der Waals surface area contributed by atoms with Crippen molar-refractivity contribution in [2.75, 3.05) is 26.3 Å². The van der Waals surface area contributed by atoms with Gasteiger partial charge in [-0.05, 0) is 44.6 Å². The molecule has 1 aromatic carbocycles. The first-order valence-corrected chi connectivity index (χ1v) is 13.2. The van der Waals surface area contributed by atoms with Gasteiger partial charge < -0.3 is 24.4 Å². The summed E-state index contributed by atoms with van der Waals surface area (Å²) < 4.78 is 12.2. The number of carbonyl (C=O) groups is 3. The summed E-state index contributed by atoms with van der Waals surface area (Å²) in [4.78, 5) is 44.8. The van der Waals surface area contributed by atoms with Crippen LogP contribution in [0.1, 0.15) is 44.6 Å². The summed E-state index contributed by atoms with van der Waals surface area (Å²) in [6.07, 6.45) is 5.99. The maximum atomic E-state index is 14.3. The number of benzene rings is 1. The number of esters is 1. The number of likely N-dealkylation sites (tertiary alicyclic amines) is 1. The van der Waals surface area contributed by atoms with Gasteiger partial charge in [0.2, 0.25) is 11.8 Å². The molecule has 3 aliphatic rings. The van der Waals surface area contributed by atoms with Crippen LogP contribution in [0, 0.1) is 11.8 Å². The number of fused-ring (bicyclic) bond motifs is 1. The smallest absolute Gasteiger partial charge is 0.312 e. The van der Waals surface area contributed by atoms with Gasteiger partial charge in [0.25, 0.3) is 0 Å². The lowest BCUT2D eigenvalue weighted by Gasteiger charge is -2.37. The Labute approximate surface area is 218 Å². The summed E-state index contributed by atoms with van der Waals surface area (Å²) in [5.41, 5.74) is -1.00. The molecule has 3 heterocycles. The molecule has 2 bridgehead atoms. The fourth-order valence-electron chi connectivity index (χ4n) is 6.39. The number of aliphatic hydroxyl groups excluding tert-OH is 1. The van der Waals surface area contributed by atoms with Crippen LogP contribution in [-0.2, 0) is 30.4 Å². The Kier molecular flexibility index (Phi) is 8.19. The molecule has 0 aliphatic carbocycles. The van der Waals surface area contributed by atoms with Gasteiger partial charge in [-0.2, -0.15) is 0 Å². The van der Waals surface area contributed by atoms with Crippen molar-refractivity contribution < 1.29 is 29.0 Å². The number of unbranched alkanes of at least 4 members (excludes halogenated alkanes) is 1. The number of rotatable bonds is 13. The highest BCUT2D eigenvalue weighted by molar-refractivity contribution is 5.98. The van der Waals surface area contributed by atoms with E-state index in [0.29, 0.717) is 51.7 Å². The Morgan fingerprint density at radius 2 is 1.97 bits per heavy atom. The van der Waals surface area contributed by atoms with E-state index in [2.05, 4.69) is 13.2 Å². The molecule has 8 heteroatoms. The van der Waals surface area contributed by atoms with Crippen LogP contribution >= 0.6 is 0 Å². The summed E-state index contributed by atoms with van der Waals surface area (Å²) in [5.74, 6) is -2.48. The predicted molar refractivity (Wildman–Crippen MR) is 138 cm³/mol. The van der Waals surface area contributed by atoms with Crippen molar-refractivity contribution in [3.8, 4) is 0 Å². The van der Waals surface area contributed by atoms with Crippen LogP contribution in [0.2, 0.25) is 0 Å². The summed E-state index contributed by atoms with van der Waals surface area (Å²) in [7, 11) is 0. The minimum absolute atomic E-state index is 0.00135. The molecular weight excluding hydrogens is 472 g/mol. The molecule has 1 N–H and O–H groups in total. The third-order valence-electron chi connectivity index (χ3n) is 8.02. The molecule has 5 atom stereocenters. The lowest BCUT2D eigenvalue weighted by atomic mass is 9.66. The average Bonchev–Trinajstić information content (AvgIpc) is 3.45. The fraction of sp³-hybridized carbons (Fsp3) is 0.552. The second kappa shape index (κ2) is 11.2. The normalized spacial score (nSPS) is 29.7. The Balaban J connectivity index is 1.69. The van der Waals surface area contributed by atoms with Crippen molar-refractivity contribution in [2.45, 2.75) is 62.8 Å². The Morgan fingerprint density at radius 1 is 1.22 bits per heavy atom. The first kappa shape index (κ1) is 27.1. The monoisotopic (exact) mass is 510 g/mol. The van der Waals surface area contributed by atoms with Crippen molar-refractivity contribution >= 4 is 17.8 Å². The first-order valence-electron chi connectivity index (χ1n) is 13.2. The topological polar surface area (TPSA) is 96.4 Å². The van der Waals surface area contributed by atoms with E-state index in [4.69, 9.17) is 9.47 Å². The Bertz CT molecular complexity index is 1030. The SMILES string of the molecule is C=CCCOC(=O)[C@H]1[C@H]2C(=O)N(CCCCO)C(C(=O)N(CC=C)Cc3ccccc3)C23CC[C@]1(C)O3. The second-order valence-corrected chi connectivity index (χ2v) is 10.4. The van der Waals surface area contributed by atoms with Gasteiger partial charge in [-0.1, -0.05) is 42.5 Å². The number of amides is 2.